The molecule has 0 aliphatic heterocycles. The fraction of sp³-hybridized carbons (Fsp3) is 0.500. The number of carbonyl (C=O) groups excluding carboxylic acids is 1. The first-order valence-electron chi connectivity index (χ1n) is 6.98. The van der Waals surface area contributed by atoms with Crippen molar-refractivity contribution in [2.75, 3.05) is 0 Å². The number of hydrogen-bond donors (Lipinski definition) is 2. The van der Waals surface area contributed by atoms with E-state index in [0.29, 0.717) is 19.3 Å². The lowest BCUT2D eigenvalue weighted by atomic mass is 10.00. The van der Waals surface area contributed by atoms with Gasteiger partial charge in [0.15, 0.2) is 0 Å². The van der Waals surface area contributed by atoms with Crippen molar-refractivity contribution in [1.82, 2.24) is 5.32 Å². The second-order valence-electron chi connectivity index (χ2n) is 5.25. The highest BCUT2D eigenvalue weighted by atomic mass is 16.4. The Labute approximate surface area is 120 Å². The number of carboxylic acids is 1. The number of carbonyl (C=O) groups is 2. The smallest absolute Gasteiger partial charge is 0.303 e. The highest BCUT2D eigenvalue weighted by Gasteiger charge is 2.11. The van der Waals surface area contributed by atoms with Crippen LogP contribution in [0, 0.1) is 13.8 Å². The monoisotopic (exact) mass is 277 g/mol. The fourth-order valence-corrected chi connectivity index (χ4v) is 2.18. The summed E-state index contributed by atoms with van der Waals surface area (Å²) in [6.07, 6.45) is 1.65. The van der Waals surface area contributed by atoms with Crippen LogP contribution >= 0.6 is 0 Å². The molecule has 20 heavy (non-hydrogen) atoms. The molecule has 0 aliphatic carbocycles. The molecular formula is C16H23NO3. The topological polar surface area (TPSA) is 66.4 Å². The van der Waals surface area contributed by atoms with Gasteiger partial charge in [0.05, 0.1) is 6.04 Å². The maximum absolute atomic E-state index is 11.8. The molecule has 1 atom stereocenters. The van der Waals surface area contributed by atoms with Crippen LogP contribution in [0.15, 0.2) is 18.2 Å². The zero-order valence-electron chi connectivity index (χ0n) is 12.4. The summed E-state index contributed by atoms with van der Waals surface area (Å²) in [6.45, 7) is 6.03. The molecule has 4 nitrogen and oxygen atoms in total. The summed E-state index contributed by atoms with van der Waals surface area (Å²) in [5, 5.41) is 11.5. The molecule has 110 valence electrons. The van der Waals surface area contributed by atoms with Crippen molar-refractivity contribution in [1.29, 1.82) is 0 Å². The average Bonchev–Trinajstić information content (AvgIpc) is 2.37. The van der Waals surface area contributed by atoms with Gasteiger partial charge in [-0.15, -0.1) is 0 Å². The van der Waals surface area contributed by atoms with Gasteiger partial charge in [0, 0.05) is 12.8 Å². The third kappa shape index (κ3) is 5.43. The van der Waals surface area contributed by atoms with Crippen LogP contribution < -0.4 is 5.32 Å². The van der Waals surface area contributed by atoms with Crippen molar-refractivity contribution in [3.8, 4) is 0 Å². The van der Waals surface area contributed by atoms with Crippen molar-refractivity contribution in [2.24, 2.45) is 0 Å². The summed E-state index contributed by atoms with van der Waals surface area (Å²) >= 11 is 0. The van der Waals surface area contributed by atoms with Gasteiger partial charge in [-0.25, -0.2) is 0 Å². The lowest BCUT2D eigenvalue weighted by Gasteiger charge is -2.17. The van der Waals surface area contributed by atoms with Crippen LogP contribution in [0.4, 0.5) is 0 Å². The predicted molar refractivity (Wildman–Crippen MR) is 78.6 cm³/mol. The highest BCUT2D eigenvalue weighted by molar-refractivity contribution is 5.76. The van der Waals surface area contributed by atoms with Gasteiger partial charge in [0.2, 0.25) is 5.91 Å². The number of rotatable bonds is 7. The molecule has 0 fully saturated rings. The SMILES string of the molecule is Cc1ccc(C)c(C(C)NC(=O)CCCCC(=O)O)c1. The lowest BCUT2D eigenvalue weighted by Crippen LogP contribution is -2.26. The Kier molecular flexibility index (Phi) is 6.22. The number of unbranched alkanes of at least 4 members (excludes halogenated alkanes) is 1. The Bertz CT molecular complexity index is 483. The molecule has 0 heterocycles. The van der Waals surface area contributed by atoms with Crippen LogP contribution in [0.25, 0.3) is 0 Å². The molecule has 1 unspecified atom stereocenters. The Morgan fingerprint density at radius 1 is 1.20 bits per heavy atom. The predicted octanol–water partition coefficient (Wildman–Crippen LogP) is 3.13. The van der Waals surface area contributed by atoms with E-state index in [1.165, 1.54) is 5.56 Å². The summed E-state index contributed by atoms with van der Waals surface area (Å²) < 4.78 is 0. The first-order chi connectivity index (χ1) is 9.40. The molecular weight excluding hydrogens is 254 g/mol. The summed E-state index contributed by atoms with van der Waals surface area (Å²) in [4.78, 5) is 22.2. The van der Waals surface area contributed by atoms with Gasteiger partial charge in [-0.3, -0.25) is 9.59 Å². The minimum atomic E-state index is -0.811. The summed E-state index contributed by atoms with van der Waals surface area (Å²) in [6, 6.07) is 6.17. The second-order valence-corrected chi connectivity index (χ2v) is 5.25. The minimum absolute atomic E-state index is 0.0243. The minimum Gasteiger partial charge on any atom is -0.481 e. The summed E-state index contributed by atoms with van der Waals surface area (Å²) in [5.74, 6) is -0.835. The van der Waals surface area contributed by atoms with Gasteiger partial charge in [0.1, 0.15) is 0 Å². The average molecular weight is 277 g/mol. The number of hydrogen-bond acceptors (Lipinski definition) is 2. The number of aliphatic carboxylic acids is 1. The normalized spacial score (nSPS) is 11.9. The molecule has 0 bridgehead atoms. The van der Waals surface area contributed by atoms with E-state index in [-0.39, 0.29) is 18.4 Å². The third-order valence-corrected chi connectivity index (χ3v) is 3.32. The van der Waals surface area contributed by atoms with Gasteiger partial charge >= 0.3 is 5.97 Å². The Morgan fingerprint density at radius 2 is 1.85 bits per heavy atom. The standard InChI is InChI=1S/C16H23NO3/c1-11-8-9-12(2)14(10-11)13(3)17-15(18)6-4-5-7-16(19)20/h8-10,13H,4-7H2,1-3H3,(H,17,18)(H,19,20). The molecule has 0 aromatic heterocycles. The van der Waals surface area contributed by atoms with Gasteiger partial charge in [-0.2, -0.15) is 0 Å². The Morgan fingerprint density at radius 3 is 2.50 bits per heavy atom. The Balaban J connectivity index is 2.45. The number of benzene rings is 1. The largest absolute Gasteiger partial charge is 0.481 e. The van der Waals surface area contributed by atoms with E-state index in [9.17, 15) is 9.59 Å². The van der Waals surface area contributed by atoms with Crippen LogP contribution in [0.2, 0.25) is 0 Å². The van der Waals surface area contributed by atoms with E-state index >= 15 is 0 Å². The van der Waals surface area contributed by atoms with Crippen molar-refractivity contribution in [3.05, 3.63) is 34.9 Å². The zero-order chi connectivity index (χ0) is 15.1. The molecule has 0 saturated heterocycles. The summed E-state index contributed by atoms with van der Waals surface area (Å²) in [7, 11) is 0. The van der Waals surface area contributed by atoms with E-state index < -0.39 is 5.97 Å². The van der Waals surface area contributed by atoms with Crippen LogP contribution in [0.1, 0.15) is 55.3 Å². The molecule has 0 radical (unpaired) electrons. The van der Waals surface area contributed by atoms with Crippen LogP contribution in [-0.2, 0) is 9.59 Å². The Hall–Kier alpha value is -1.84. The van der Waals surface area contributed by atoms with E-state index in [1.54, 1.807) is 0 Å². The molecule has 2 N–H and O–H groups in total. The third-order valence-electron chi connectivity index (χ3n) is 3.32. The number of aryl methyl sites for hydroxylation is 2. The molecule has 1 amide bonds. The molecule has 1 aromatic rings. The van der Waals surface area contributed by atoms with Crippen LogP contribution in [0.3, 0.4) is 0 Å². The highest BCUT2D eigenvalue weighted by Crippen LogP contribution is 2.19. The molecule has 0 spiro atoms. The van der Waals surface area contributed by atoms with E-state index in [0.717, 1.165) is 11.1 Å². The van der Waals surface area contributed by atoms with Gasteiger partial charge in [0.25, 0.3) is 0 Å². The lowest BCUT2D eigenvalue weighted by molar-refractivity contribution is -0.137. The first kappa shape index (κ1) is 16.2. The zero-order valence-corrected chi connectivity index (χ0v) is 12.4. The molecule has 1 rings (SSSR count). The van der Waals surface area contributed by atoms with E-state index in [2.05, 4.69) is 23.5 Å². The van der Waals surface area contributed by atoms with Crippen molar-refractivity contribution in [2.45, 2.75) is 52.5 Å². The first-order valence-corrected chi connectivity index (χ1v) is 6.98. The second kappa shape index (κ2) is 7.68. The quantitative estimate of drug-likeness (QED) is 0.752. The van der Waals surface area contributed by atoms with Crippen molar-refractivity contribution >= 4 is 11.9 Å². The van der Waals surface area contributed by atoms with Crippen LogP contribution in [-0.4, -0.2) is 17.0 Å². The maximum atomic E-state index is 11.8. The molecule has 4 heteroatoms. The van der Waals surface area contributed by atoms with Crippen LogP contribution in [0.5, 0.6) is 0 Å². The van der Waals surface area contributed by atoms with Gasteiger partial charge in [-0.1, -0.05) is 23.8 Å². The van der Waals surface area contributed by atoms with Crippen molar-refractivity contribution in [3.63, 3.8) is 0 Å². The number of carboxylic acid groups (broad SMARTS) is 1. The molecule has 0 saturated carbocycles. The van der Waals surface area contributed by atoms with Gasteiger partial charge in [-0.05, 0) is 44.7 Å². The van der Waals surface area contributed by atoms with Crippen molar-refractivity contribution < 1.29 is 14.7 Å². The maximum Gasteiger partial charge on any atom is 0.303 e. The van der Waals surface area contributed by atoms with E-state index in [4.69, 9.17) is 5.11 Å². The number of nitrogens with one attached hydrogen (secondary N) is 1. The molecule has 1 aromatic carbocycles. The number of amides is 1. The fourth-order valence-electron chi connectivity index (χ4n) is 2.18. The van der Waals surface area contributed by atoms with Gasteiger partial charge < -0.3 is 10.4 Å². The molecule has 0 aliphatic rings. The van der Waals surface area contributed by atoms with E-state index in [1.807, 2.05) is 20.8 Å². The summed E-state index contributed by atoms with van der Waals surface area (Å²) in [5.41, 5.74) is 3.46.